The van der Waals surface area contributed by atoms with E-state index in [1.165, 1.54) is 18.4 Å². The van der Waals surface area contributed by atoms with Crippen molar-refractivity contribution < 1.29 is 42.3 Å². The molecule has 0 aromatic heterocycles. The number of phenols is 1. The molecule has 1 unspecified atom stereocenters. The van der Waals surface area contributed by atoms with Gasteiger partial charge in [-0.05, 0) is 61.3 Å². The molecule has 7 nitrogen and oxygen atoms in total. The molecular formula is C32H36F3NO6. The second kappa shape index (κ2) is 10.3. The summed E-state index contributed by atoms with van der Waals surface area (Å²) in [6.45, 7) is 6.35. The van der Waals surface area contributed by atoms with E-state index < -0.39 is 23.2 Å². The Morgan fingerprint density at radius 3 is 2.55 bits per heavy atom. The molecule has 226 valence electrons. The summed E-state index contributed by atoms with van der Waals surface area (Å²) >= 11 is 0. The lowest BCUT2D eigenvalue weighted by Gasteiger charge is -2.69. The van der Waals surface area contributed by atoms with Crippen LogP contribution < -0.4 is 4.74 Å². The molecule has 2 aromatic rings. The van der Waals surface area contributed by atoms with Crippen LogP contribution in [0.25, 0.3) is 0 Å². The lowest BCUT2D eigenvalue weighted by molar-refractivity contribution is -0.924. The van der Waals surface area contributed by atoms with E-state index in [0.717, 1.165) is 48.8 Å². The number of carboxylic acids is 1. The molecule has 0 amide bonds. The average Bonchev–Trinajstić information content (AvgIpc) is 3.68. The number of rotatable bonds is 7. The van der Waals surface area contributed by atoms with Crippen LogP contribution in [0.5, 0.6) is 11.5 Å². The van der Waals surface area contributed by atoms with E-state index in [9.17, 15) is 23.5 Å². The minimum Gasteiger partial charge on any atom is -0.632 e. The third-order valence-electron chi connectivity index (χ3n) is 10.0. The van der Waals surface area contributed by atoms with Crippen LogP contribution in [0.15, 0.2) is 54.6 Å². The first-order chi connectivity index (χ1) is 19.9. The molecule has 3 fully saturated rings. The van der Waals surface area contributed by atoms with E-state index in [1.54, 1.807) is 6.07 Å². The van der Waals surface area contributed by atoms with Gasteiger partial charge in [-0.3, -0.25) is 0 Å². The molecule has 2 saturated carbocycles. The molecular weight excluding hydrogens is 551 g/mol. The van der Waals surface area contributed by atoms with Gasteiger partial charge in [-0.25, -0.2) is 4.79 Å². The predicted octanol–water partition coefficient (Wildman–Crippen LogP) is 5.82. The summed E-state index contributed by atoms with van der Waals surface area (Å²) in [6.07, 6.45) is 1.96. The number of phenolic OH excluding ortho intramolecular Hbond substituents is 1. The number of halogens is 3. The summed E-state index contributed by atoms with van der Waals surface area (Å²) in [4.78, 5) is 8.90. The summed E-state index contributed by atoms with van der Waals surface area (Å²) in [5.41, 5.74) is 3.64. The van der Waals surface area contributed by atoms with Crippen LogP contribution in [-0.2, 0) is 27.8 Å². The van der Waals surface area contributed by atoms with Gasteiger partial charge < -0.3 is 29.5 Å². The van der Waals surface area contributed by atoms with E-state index >= 15 is 0 Å². The van der Waals surface area contributed by atoms with Gasteiger partial charge in [0.25, 0.3) is 0 Å². The van der Waals surface area contributed by atoms with Gasteiger partial charge in [-0.15, -0.1) is 0 Å². The second-order valence-electron chi connectivity index (χ2n) is 12.5. The third kappa shape index (κ3) is 4.59. The molecule has 7 rings (SSSR count). The molecule has 3 aliphatic carbocycles. The Morgan fingerprint density at radius 2 is 1.88 bits per heavy atom. The van der Waals surface area contributed by atoms with E-state index in [4.69, 9.17) is 19.4 Å². The summed E-state index contributed by atoms with van der Waals surface area (Å²) in [7, 11) is 0. The number of nitrogens with zero attached hydrogens (tertiary/aromatic N) is 1. The van der Waals surface area contributed by atoms with Gasteiger partial charge in [0.15, 0.2) is 11.5 Å². The Bertz CT molecular complexity index is 1380. The molecule has 10 heteroatoms. The highest BCUT2D eigenvalue weighted by Gasteiger charge is 2.76. The van der Waals surface area contributed by atoms with Crippen molar-refractivity contribution in [3.8, 4) is 11.5 Å². The van der Waals surface area contributed by atoms with Crippen LogP contribution in [0.2, 0.25) is 0 Å². The number of aromatic hydroxyl groups is 1. The topological polar surface area (TPSA) is 99.0 Å². The van der Waals surface area contributed by atoms with Crippen LogP contribution in [0.3, 0.4) is 0 Å². The zero-order chi connectivity index (χ0) is 29.9. The van der Waals surface area contributed by atoms with Crippen molar-refractivity contribution in [3.63, 3.8) is 0 Å². The second-order valence-corrected chi connectivity index (χ2v) is 12.5. The molecule has 42 heavy (non-hydrogen) atoms. The first-order valence-electron chi connectivity index (χ1n) is 14.7. The normalized spacial score (nSPS) is 32.3. The standard InChI is InChI=1S/C30H35NO4.C2HF3O2/c1-20-13-14-30(34-17-5-8-21-6-3-2-4-7-21)25-18-23-11-12-24(32)27-26(23)29(30,28(20)35-27)15-16-31(25,33)19-22-9-10-22;3-2(4,5)1(6)7/h2-4,6-7,11-12,22,25,28,32H,1,5,8-10,13-19H2;(H,6,7)/t25-,28+,29+,30-,31?;/m1./s1. The number of piperidine rings is 1. The predicted molar refractivity (Wildman–Crippen MR) is 148 cm³/mol. The maximum Gasteiger partial charge on any atom is 0.490 e. The van der Waals surface area contributed by atoms with E-state index in [0.29, 0.717) is 37.8 Å². The Hall–Kier alpha value is -3.08. The summed E-state index contributed by atoms with van der Waals surface area (Å²) in [5, 5.41) is 32.6. The molecule has 2 aromatic carbocycles. The maximum absolute atomic E-state index is 14.7. The molecule has 2 bridgehead atoms. The van der Waals surface area contributed by atoms with Crippen molar-refractivity contribution in [2.24, 2.45) is 5.92 Å². The summed E-state index contributed by atoms with van der Waals surface area (Å²) in [6, 6.07) is 14.2. The highest BCUT2D eigenvalue weighted by atomic mass is 19.4. The van der Waals surface area contributed by atoms with Gasteiger partial charge in [-0.2, -0.15) is 13.2 Å². The number of quaternary nitrogens is 1. The minimum absolute atomic E-state index is 0.139. The number of benzene rings is 2. The van der Waals surface area contributed by atoms with Crippen molar-refractivity contribution in [1.82, 2.24) is 0 Å². The van der Waals surface area contributed by atoms with Gasteiger partial charge in [0.2, 0.25) is 0 Å². The van der Waals surface area contributed by atoms with E-state index in [-0.39, 0.29) is 22.5 Å². The van der Waals surface area contributed by atoms with Gasteiger partial charge >= 0.3 is 12.1 Å². The maximum atomic E-state index is 14.7. The molecule has 0 radical (unpaired) electrons. The van der Waals surface area contributed by atoms with Gasteiger partial charge in [-0.1, -0.05) is 43.0 Å². The van der Waals surface area contributed by atoms with Crippen LogP contribution in [0.4, 0.5) is 13.2 Å². The Kier molecular flexibility index (Phi) is 7.10. The number of alkyl halides is 3. The van der Waals surface area contributed by atoms with Crippen LogP contribution in [0, 0.1) is 11.1 Å². The number of aliphatic carboxylic acids is 1. The Morgan fingerprint density at radius 1 is 1.17 bits per heavy atom. The minimum atomic E-state index is -5.08. The Labute approximate surface area is 242 Å². The van der Waals surface area contributed by atoms with Crippen LogP contribution >= 0.6 is 0 Å². The molecule has 2 N–H and O–H groups in total. The molecule has 1 saturated heterocycles. The van der Waals surface area contributed by atoms with Crippen molar-refractivity contribution in [2.45, 2.75) is 80.7 Å². The highest BCUT2D eigenvalue weighted by molar-refractivity contribution is 5.73. The van der Waals surface area contributed by atoms with Crippen molar-refractivity contribution in [3.05, 3.63) is 76.5 Å². The van der Waals surface area contributed by atoms with Crippen LogP contribution in [0.1, 0.15) is 55.2 Å². The lowest BCUT2D eigenvalue weighted by Crippen LogP contribution is -2.80. The quantitative estimate of drug-likeness (QED) is 0.184. The summed E-state index contributed by atoms with van der Waals surface area (Å²) in [5.74, 6) is -1.39. The number of carbonyl (C=O) groups is 1. The number of ether oxygens (including phenoxy) is 2. The number of likely N-dealkylation sites (tertiary alicyclic amines) is 1. The molecule has 1 spiro atoms. The zero-order valence-corrected chi connectivity index (χ0v) is 23.4. The van der Waals surface area contributed by atoms with Gasteiger partial charge in [0.05, 0.1) is 18.5 Å². The largest absolute Gasteiger partial charge is 0.632 e. The monoisotopic (exact) mass is 587 g/mol. The lowest BCUT2D eigenvalue weighted by atomic mass is 9.48. The average molecular weight is 588 g/mol. The first-order valence-corrected chi connectivity index (χ1v) is 14.7. The smallest absolute Gasteiger partial charge is 0.490 e. The van der Waals surface area contributed by atoms with Crippen molar-refractivity contribution in [2.75, 3.05) is 19.7 Å². The highest BCUT2D eigenvalue weighted by Crippen LogP contribution is 2.68. The first kappa shape index (κ1) is 29.0. The van der Waals surface area contributed by atoms with Crippen molar-refractivity contribution in [1.29, 1.82) is 0 Å². The number of carboxylic acid groups (broad SMARTS) is 1. The Balaban J connectivity index is 0.000000405. The number of hydroxylamine groups is 3. The fourth-order valence-corrected chi connectivity index (χ4v) is 8.11. The van der Waals surface area contributed by atoms with Crippen molar-refractivity contribution >= 4 is 5.97 Å². The summed E-state index contributed by atoms with van der Waals surface area (Å²) < 4.78 is 45.2. The number of hydrogen-bond acceptors (Lipinski definition) is 5. The zero-order valence-electron chi connectivity index (χ0n) is 23.4. The number of aryl methyl sites for hydroxylation is 1. The van der Waals surface area contributed by atoms with E-state index in [2.05, 4.69) is 30.8 Å². The third-order valence-corrected chi connectivity index (χ3v) is 10.0. The molecule has 5 aliphatic rings. The van der Waals surface area contributed by atoms with E-state index in [1.807, 2.05) is 12.1 Å². The molecule has 5 atom stereocenters. The SMILES string of the molecule is C=C1CC[C@@]2(OCCCc3ccccc3)[C@H]3Cc4ccc(O)c5c4[C@@]2(CC[N+]3([O-])CC2CC2)[C@H]1O5.O=C(O)C(F)(F)F. The number of hydrogen-bond donors (Lipinski definition) is 2. The van der Waals surface area contributed by atoms with Crippen LogP contribution in [-0.4, -0.2) is 64.4 Å². The fourth-order valence-electron chi connectivity index (χ4n) is 8.11. The van der Waals surface area contributed by atoms with Gasteiger partial charge in [0.1, 0.15) is 17.7 Å². The fraction of sp³-hybridized carbons (Fsp3) is 0.531. The molecule has 2 heterocycles. The van der Waals surface area contributed by atoms with Gasteiger partial charge in [0, 0.05) is 30.9 Å². The molecule has 2 aliphatic heterocycles.